The number of carbonyl (C=O) groups excluding carboxylic acids is 2. The molecule has 0 aromatic heterocycles. The van der Waals surface area contributed by atoms with Gasteiger partial charge >= 0.3 is 0 Å². The quantitative estimate of drug-likeness (QED) is 0.831. The summed E-state index contributed by atoms with van der Waals surface area (Å²) in [6.45, 7) is 6.92. The topological polar surface area (TPSA) is 52.7 Å². The van der Waals surface area contributed by atoms with E-state index in [0.717, 1.165) is 58.4 Å². The summed E-state index contributed by atoms with van der Waals surface area (Å²) in [7, 11) is 0. The Morgan fingerprint density at radius 2 is 1.95 bits per heavy atom. The maximum atomic E-state index is 12.2. The molecule has 2 fully saturated rings. The average molecular weight is 318 g/mol. The van der Waals surface area contributed by atoms with Gasteiger partial charge in [-0.15, -0.1) is 12.4 Å². The van der Waals surface area contributed by atoms with Crippen molar-refractivity contribution in [2.75, 3.05) is 39.3 Å². The van der Waals surface area contributed by atoms with E-state index in [-0.39, 0.29) is 30.8 Å². The molecule has 0 bridgehead atoms. The monoisotopic (exact) mass is 317 g/mol. The third kappa shape index (κ3) is 5.47. The van der Waals surface area contributed by atoms with Crippen molar-refractivity contribution in [3.8, 4) is 0 Å². The predicted molar refractivity (Wildman–Crippen MR) is 85.5 cm³/mol. The van der Waals surface area contributed by atoms with Gasteiger partial charge in [0.1, 0.15) is 0 Å². The van der Waals surface area contributed by atoms with Gasteiger partial charge in [-0.3, -0.25) is 9.59 Å². The number of carbonyl (C=O) groups is 2. The van der Waals surface area contributed by atoms with E-state index in [9.17, 15) is 9.59 Å². The molecular weight excluding hydrogens is 290 g/mol. The van der Waals surface area contributed by atoms with Crippen LogP contribution in [0.25, 0.3) is 0 Å². The van der Waals surface area contributed by atoms with E-state index in [1.165, 1.54) is 0 Å². The van der Waals surface area contributed by atoms with Gasteiger partial charge in [-0.25, -0.2) is 0 Å². The zero-order chi connectivity index (χ0) is 14.4. The molecule has 2 amide bonds. The van der Waals surface area contributed by atoms with Crippen LogP contribution in [-0.4, -0.2) is 60.9 Å². The van der Waals surface area contributed by atoms with Crippen LogP contribution in [0.5, 0.6) is 0 Å². The molecule has 0 radical (unpaired) electrons. The van der Waals surface area contributed by atoms with Crippen molar-refractivity contribution < 1.29 is 9.59 Å². The molecule has 0 atom stereocenters. The van der Waals surface area contributed by atoms with Crippen LogP contribution in [0.15, 0.2) is 0 Å². The summed E-state index contributed by atoms with van der Waals surface area (Å²) in [5.41, 5.74) is 0. The Morgan fingerprint density at radius 3 is 2.57 bits per heavy atom. The van der Waals surface area contributed by atoms with Crippen molar-refractivity contribution in [1.29, 1.82) is 0 Å². The molecule has 1 N–H and O–H groups in total. The van der Waals surface area contributed by atoms with Crippen LogP contribution in [0.3, 0.4) is 0 Å². The molecular formula is C15H28ClN3O2. The highest BCUT2D eigenvalue weighted by Crippen LogP contribution is 2.17. The lowest BCUT2D eigenvalue weighted by Crippen LogP contribution is -2.47. The first kappa shape index (κ1) is 18.2. The number of rotatable bonds is 5. The van der Waals surface area contributed by atoms with Gasteiger partial charge in [-0.1, -0.05) is 6.92 Å². The van der Waals surface area contributed by atoms with Gasteiger partial charge in [0.15, 0.2) is 0 Å². The van der Waals surface area contributed by atoms with Crippen molar-refractivity contribution in [3.05, 3.63) is 0 Å². The minimum Gasteiger partial charge on any atom is -0.341 e. The zero-order valence-electron chi connectivity index (χ0n) is 13.0. The highest BCUT2D eigenvalue weighted by molar-refractivity contribution is 5.85. The van der Waals surface area contributed by atoms with Gasteiger partial charge in [0.25, 0.3) is 0 Å². The zero-order valence-corrected chi connectivity index (χ0v) is 13.8. The first-order valence-electron chi connectivity index (χ1n) is 7.97. The first-order valence-corrected chi connectivity index (χ1v) is 7.97. The average Bonchev–Trinajstić information content (AvgIpc) is 2.48. The molecule has 2 aliphatic heterocycles. The molecule has 2 aliphatic rings. The smallest absolute Gasteiger partial charge is 0.242 e. The Hall–Kier alpha value is -0.810. The van der Waals surface area contributed by atoms with Crippen molar-refractivity contribution in [1.82, 2.24) is 15.1 Å². The molecule has 0 spiro atoms. The Morgan fingerprint density at radius 1 is 1.24 bits per heavy atom. The third-order valence-electron chi connectivity index (χ3n) is 4.40. The van der Waals surface area contributed by atoms with Crippen LogP contribution in [0, 0.1) is 5.92 Å². The number of hydrogen-bond acceptors (Lipinski definition) is 3. The maximum absolute atomic E-state index is 12.2. The number of likely N-dealkylation sites (tertiary alicyclic amines) is 2. The van der Waals surface area contributed by atoms with E-state index < -0.39 is 0 Å². The van der Waals surface area contributed by atoms with Crippen molar-refractivity contribution >= 4 is 24.2 Å². The van der Waals surface area contributed by atoms with Crippen LogP contribution in [0.1, 0.15) is 39.0 Å². The lowest BCUT2D eigenvalue weighted by Gasteiger charge is -2.34. The minimum absolute atomic E-state index is 0. The minimum atomic E-state index is 0. The Bertz CT molecular complexity index is 344. The molecule has 0 aliphatic carbocycles. The normalized spacial score (nSPS) is 20.3. The second kappa shape index (κ2) is 9.26. The largest absolute Gasteiger partial charge is 0.341 e. The Labute approximate surface area is 133 Å². The van der Waals surface area contributed by atoms with Gasteiger partial charge in [0.2, 0.25) is 11.8 Å². The van der Waals surface area contributed by atoms with Gasteiger partial charge in [-0.2, -0.15) is 0 Å². The lowest BCUT2D eigenvalue weighted by atomic mass is 9.96. The van der Waals surface area contributed by atoms with E-state index in [2.05, 4.69) is 12.2 Å². The summed E-state index contributed by atoms with van der Waals surface area (Å²) >= 11 is 0. The molecule has 2 rings (SSSR count). The molecule has 5 nitrogen and oxygen atoms in total. The lowest BCUT2D eigenvalue weighted by molar-refractivity contribution is -0.142. The SMILES string of the molecule is CCNCC1CCN(C(=O)CN2CCCCC2=O)CC1.Cl. The second-order valence-electron chi connectivity index (χ2n) is 5.90. The maximum Gasteiger partial charge on any atom is 0.242 e. The Kier molecular flexibility index (Phi) is 8.04. The molecule has 2 heterocycles. The summed E-state index contributed by atoms with van der Waals surface area (Å²) in [6.07, 6.45) is 4.76. The molecule has 2 saturated heterocycles. The summed E-state index contributed by atoms with van der Waals surface area (Å²) in [5.74, 6) is 0.962. The standard InChI is InChI=1S/C15H27N3O2.ClH/c1-2-16-11-13-6-9-17(10-7-13)15(20)12-18-8-4-3-5-14(18)19;/h13,16H,2-12H2,1H3;1H. The molecule has 122 valence electrons. The van der Waals surface area contributed by atoms with Crippen LogP contribution in [0.2, 0.25) is 0 Å². The highest BCUT2D eigenvalue weighted by atomic mass is 35.5. The Balaban J connectivity index is 0.00000220. The molecule has 0 aromatic carbocycles. The number of halogens is 1. The van der Waals surface area contributed by atoms with E-state index in [1.807, 2.05) is 4.90 Å². The third-order valence-corrected chi connectivity index (χ3v) is 4.40. The number of piperidine rings is 2. The number of nitrogens with one attached hydrogen (secondary N) is 1. The van der Waals surface area contributed by atoms with Gasteiger partial charge in [-0.05, 0) is 44.7 Å². The van der Waals surface area contributed by atoms with Crippen LogP contribution >= 0.6 is 12.4 Å². The van der Waals surface area contributed by atoms with Crippen LogP contribution in [0.4, 0.5) is 0 Å². The fourth-order valence-corrected chi connectivity index (χ4v) is 3.03. The molecule has 0 aromatic rings. The fraction of sp³-hybridized carbons (Fsp3) is 0.867. The number of hydrogen-bond donors (Lipinski definition) is 1. The summed E-state index contributed by atoms with van der Waals surface area (Å²) < 4.78 is 0. The summed E-state index contributed by atoms with van der Waals surface area (Å²) in [6, 6.07) is 0. The molecule has 6 heteroatoms. The molecule has 0 unspecified atom stereocenters. The highest BCUT2D eigenvalue weighted by Gasteiger charge is 2.26. The van der Waals surface area contributed by atoms with Crippen molar-refractivity contribution in [2.45, 2.75) is 39.0 Å². The summed E-state index contributed by atoms with van der Waals surface area (Å²) in [5, 5.41) is 3.38. The van der Waals surface area contributed by atoms with E-state index in [1.54, 1.807) is 4.90 Å². The number of amides is 2. The van der Waals surface area contributed by atoms with E-state index in [0.29, 0.717) is 12.3 Å². The number of nitrogens with zero attached hydrogens (tertiary/aromatic N) is 2. The van der Waals surface area contributed by atoms with E-state index in [4.69, 9.17) is 0 Å². The van der Waals surface area contributed by atoms with Gasteiger partial charge in [0.05, 0.1) is 6.54 Å². The first-order chi connectivity index (χ1) is 9.70. The second-order valence-corrected chi connectivity index (χ2v) is 5.90. The van der Waals surface area contributed by atoms with Crippen LogP contribution in [-0.2, 0) is 9.59 Å². The summed E-state index contributed by atoms with van der Waals surface area (Å²) in [4.78, 5) is 27.6. The van der Waals surface area contributed by atoms with Crippen molar-refractivity contribution in [2.24, 2.45) is 5.92 Å². The van der Waals surface area contributed by atoms with E-state index >= 15 is 0 Å². The van der Waals surface area contributed by atoms with Crippen LogP contribution < -0.4 is 5.32 Å². The molecule has 21 heavy (non-hydrogen) atoms. The molecule has 0 saturated carbocycles. The van der Waals surface area contributed by atoms with Crippen molar-refractivity contribution in [3.63, 3.8) is 0 Å². The predicted octanol–water partition coefficient (Wildman–Crippen LogP) is 1.27. The van der Waals surface area contributed by atoms with Gasteiger partial charge < -0.3 is 15.1 Å². The fourth-order valence-electron chi connectivity index (χ4n) is 3.03. The van der Waals surface area contributed by atoms with Gasteiger partial charge in [0, 0.05) is 26.1 Å².